The van der Waals surface area contributed by atoms with Crippen LogP contribution in [0.25, 0.3) is 22.0 Å². The Bertz CT molecular complexity index is 1730. The Kier molecular flexibility index (Phi) is 8.58. The number of aromatic nitrogens is 1. The zero-order valence-corrected chi connectivity index (χ0v) is 22.8. The molecule has 0 bridgehead atoms. The van der Waals surface area contributed by atoms with Crippen LogP contribution < -0.4 is 25.3 Å². The van der Waals surface area contributed by atoms with E-state index in [0.29, 0.717) is 46.7 Å². The quantitative estimate of drug-likeness (QED) is 0.214. The van der Waals surface area contributed by atoms with Gasteiger partial charge in [0, 0.05) is 29.8 Å². The fraction of sp³-hybridized carbons (Fsp3) is 0.121. The van der Waals surface area contributed by atoms with Crippen molar-refractivity contribution >= 4 is 22.7 Å². The first-order chi connectivity index (χ1) is 20.4. The normalized spacial score (nSPS) is 10.7. The van der Waals surface area contributed by atoms with E-state index in [4.69, 9.17) is 19.9 Å². The first-order valence-corrected chi connectivity index (χ1v) is 13.2. The molecule has 4 aromatic carbocycles. The van der Waals surface area contributed by atoms with Gasteiger partial charge in [0.05, 0.1) is 12.6 Å². The van der Waals surface area contributed by atoms with Gasteiger partial charge in [-0.05, 0) is 41.3 Å². The summed E-state index contributed by atoms with van der Waals surface area (Å²) in [5.41, 5.74) is 8.78. The Labute approximate surface area is 241 Å². The standard InChI is InChI=1S/C33H28FN3O5/c1-40-29-18-25-27(19-30(29)41-20-22-6-3-2-4-7-22)36-17-15-28(25)42-31-24(8-5-9-26(31)34)23-12-10-21(11-13-23)14-16-37-33(39)32(35)38/h2-13,15,17-19H,14,16,20H2,1H3,(H2,35,38)(H,37,39). The van der Waals surface area contributed by atoms with E-state index in [-0.39, 0.29) is 12.3 Å². The van der Waals surface area contributed by atoms with Crippen LogP contribution in [-0.2, 0) is 22.6 Å². The maximum atomic E-state index is 15.2. The third-order valence-corrected chi connectivity index (χ3v) is 6.59. The number of ether oxygens (including phenoxy) is 3. The number of carbonyl (C=O) groups is 2. The smallest absolute Gasteiger partial charge is 0.309 e. The molecule has 0 spiro atoms. The maximum absolute atomic E-state index is 15.2. The van der Waals surface area contributed by atoms with E-state index in [0.717, 1.165) is 16.7 Å². The van der Waals surface area contributed by atoms with Crippen LogP contribution >= 0.6 is 0 Å². The number of amides is 2. The van der Waals surface area contributed by atoms with Gasteiger partial charge in [-0.3, -0.25) is 14.6 Å². The van der Waals surface area contributed by atoms with E-state index in [9.17, 15) is 9.59 Å². The second-order valence-corrected chi connectivity index (χ2v) is 9.39. The number of nitrogens with zero attached hydrogens (tertiary/aromatic N) is 1. The van der Waals surface area contributed by atoms with E-state index in [1.54, 1.807) is 43.6 Å². The number of hydrogen-bond acceptors (Lipinski definition) is 6. The van der Waals surface area contributed by atoms with Gasteiger partial charge in [0.25, 0.3) is 0 Å². The lowest BCUT2D eigenvalue weighted by atomic mass is 10.0. The lowest BCUT2D eigenvalue weighted by Crippen LogP contribution is -2.37. The van der Waals surface area contributed by atoms with Gasteiger partial charge < -0.3 is 25.3 Å². The Morgan fingerprint density at radius 2 is 1.67 bits per heavy atom. The second kappa shape index (κ2) is 12.8. The van der Waals surface area contributed by atoms with E-state index < -0.39 is 17.6 Å². The number of hydrogen-bond donors (Lipinski definition) is 2. The van der Waals surface area contributed by atoms with Crippen molar-refractivity contribution in [2.75, 3.05) is 13.7 Å². The average molecular weight is 566 g/mol. The predicted molar refractivity (Wildman–Crippen MR) is 157 cm³/mol. The molecule has 212 valence electrons. The summed E-state index contributed by atoms with van der Waals surface area (Å²) in [6.45, 7) is 0.616. The first kappa shape index (κ1) is 28.1. The molecule has 0 fully saturated rings. The molecule has 3 N–H and O–H groups in total. The summed E-state index contributed by atoms with van der Waals surface area (Å²) in [5.74, 6) is -0.889. The third-order valence-electron chi connectivity index (χ3n) is 6.59. The summed E-state index contributed by atoms with van der Waals surface area (Å²) in [6, 6.07) is 27.2. The zero-order chi connectivity index (χ0) is 29.5. The van der Waals surface area contributed by atoms with Crippen molar-refractivity contribution in [1.29, 1.82) is 0 Å². The topological polar surface area (TPSA) is 113 Å². The highest BCUT2D eigenvalue weighted by Crippen LogP contribution is 2.40. The Balaban J connectivity index is 1.40. The van der Waals surface area contributed by atoms with E-state index >= 15 is 4.39 Å². The number of nitrogens with one attached hydrogen (secondary N) is 1. The van der Waals surface area contributed by atoms with Gasteiger partial charge in [0.15, 0.2) is 23.1 Å². The fourth-order valence-corrected chi connectivity index (χ4v) is 4.43. The molecule has 5 aromatic rings. The molecular weight excluding hydrogens is 537 g/mol. The van der Waals surface area contributed by atoms with Crippen LogP contribution in [0.4, 0.5) is 4.39 Å². The molecule has 0 aliphatic rings. The highest BCUT2D eigenvalue weighted by Gasteiger charge is 2.17. The Morgan fingerprint density at radius 3 is 2.40 bits per heavy atom. The number of carbonyl (C=O) groups excluding carboxylic acids is 2. The lowest BCUT2D eigenvalue weighted by Gasteiger charge is -2.16. The Morgan fingerprint density at radius 1 is 0.881 bits per heavy atom. The summed E-state index contributed by atoms with van der Waals surface area (Å²) in [5, 5.41) is 3.09. The molecule has 0 saturated heterocycles. The lowest BCUT2D eigenvalue weighted by molar-refractivity contribution is -0.137. The minimum Gasteiger partial charge on any atom is -0.493 e. The maximum Gasteiger partial charge on any atom is 0.309 e. The summed E-state index contributed by atoms with van der Waals surface area (Å²) in [7, 11) is 1.55. The number of pyridine rings is 1. The molecule has 0 saturated carbocycles. The van der Waals surface area contributed by atoms with Gasteiger partial charge in [0.1, 0.15) is 12.4 Å². The van der Waals surface area contributed by atoms with Crippen LogP contribution in [0.2, 0.25) is 0 Å². The van der Waals surface area contributed by atoms with Gasteiger partial charge in [-0.15, -0.1) is 0 Å². The Hall–Kier alpha value is -5.44. The molecule has 5 rings (SSSR count). The molecule has 0 radical (unpaired) electrons. The molecule has 0 atom stereocenters. The van der Waals surface area contributed by atoms with E-state index in [1.807, 2.05) is 54.6 Å². The van der Waals surface area contributed by atoms with Crippen LogP contribution in [0.1, 0.15) is 11.1 Å². The number of para-hydroxylation sites is 1. The molecule has 0 aliphatic carbocycles. The number of halogens is 1. The van der Waals surface area contributed by atoms with Crippen molar-refractivity contribution in [3.8, 4) is 34.1 Å². The van der Waals surface area contributed by atoms with Gasteiger partial charge in [-0.25, -0.2) is 4.39 Å². The van der Waals surface area contributed by atoms with Crippen molar-refractivity contribution in [2.45, 2.75) is 13.0 Å². The van der Waals surface area contributed by atoms with Gasteiger partial charge in [0.2, 0.25) is 0 Å². The number of rotatable bonds is 10. The van der Waals surface area contributed by atoms with Crippen LogP contribution in [-0.4, -0.2) is 30.5 Å². The largest absolute Gasteiger partial charge is 0.493 e. The number of nitrogens with two attached hydrogens (primary N) is 1. The molecule has 0 unspecified atom stereocenters. The van der Waals surface area contributed by atoms with Gasteiger partial charge in [-0.1, -0.05) is 66.7 Å². The van der Waals surface area contributed by atoms with Crippen LogP contribution in [0.15, 0.2) is 97.2 Å². The van der Waals surface area contributed by atoms with Crippen molar-refractivity contribution in [2.24, 2.45) is 5.73 Å². The molecular formula is C33H28FN3O5. The molecule has 9 heteroatoms. The molecule has 1 aromatic heterocycles. The van der Waals surface area contributed by atoms with Crippen LogP contribution in [0.3, 0.4) is 0 Å². The van der Waals surface area contributed by atoms with Crippen LogP contribution in [0.5, 0.6) is 23.0 Å². The fourth-order valence-electron chi connectivity index (χ4n) is 4.43. The minimum absolute atomic E-state index is 0.0647. The molecule has 2 amide bonds. The van der Waals surface area contributed by atoms with Crippen molar-refractivity contribution < 1.29 is 28.2 Å². The number of fused-ring (bicyclic) bond motifs is 1. The predicted octanol–water partition coefficient (Wildman–Crippen LogP) is 5.56. The SMILES string of the molecule is COc1cc2c(Oc3c(F)cccc3-c3ccc(CCNC(=O)C(N)=O)cc3)ccnc2cc1OCc1ccccc1. The number of methoxy groups -OCH3 is 1. The summed E-state index contributed by atoms with van der Waals surface area (Å²) in [6.07, 6.45) is 2.09. The van der Waals surface area contributed by atoms with Crippen molar-refractivity contribution in [1.82, 2.24) is 10.3 Å². The van der Waals surface area contributed by atoms with Crippen LogP contribution in [0, 0.1) is 5.82 Å². The first-order valence-electron chi connectivity index (χ1n) is 13.2. The van der Waals surface area contributed by atoms with E-state index in [2.05, 4.69) is 10.3 Å². The van der Waals surface area contributed by atoms with Crippen molar-refractivity contribution in [3.63, 3.8) is 0 Å². The number of benzene rings is 4. The molecule has 0 aliphatic heterocycles. The molecule has 8 nitrogen and oxygen atoms in total. The average Bonchev–Trinajstić information content (AvgIpc) is 3.01. The van der Waals surface area contributed by atoms with Crippen molar-refractivity contribution in [3.05, 3.63) is 114 Å². The number of primary amides is 1. The second-order valence-electron chi connectivity index (χ2n) is 9.39. The van der Waals surface area contributed by atoms with Gasteiger partial charge >= 0.3 is 11.8 Å². The highest BCUT2D eigenvalue weighted by molar-refractivity contribution is 6.34. The monoisotopic (exact) mass is 565 g/mol. The molecule has 42 heavy (non-hydrogen) atoms. The minimum atomic E-state index is -1.03. The highest BCUT2D eigenvalue weighted by atomic mass is 19.1. The molecule has 1 heterocycles. The zero-order valence-electron chi connectivity index (χ0n) is 22.8. The third kappa shape index (κ3) is 6.47. The summed E-state index contributed by atoms with van der Waals surface area (Å²) >= 11 is 0. The summed E-state index contributed by atoms with van der Waals surface area (Å²) in [4.78, 5) is 26.7. The van der Waals surface area contributed by atoms with Gasteiger partial charge in [-0.2, -0.15) is 0 Å². The summed E-state index contributed by atoms with van der Waals surface area (Å²) < 4.78 is 33.1. The van der Waals surface area contributed by atoms with E-state index in [1.165, 1.54) is 6.07 Å².